The summed E-state index contributed by atoms with van der Waals surface area (Å²) in [4.78, 5) is 18.4. The second kappa shape index (κ2) is 10.1. The molecule has 0 spiro atoms. The smallest absolute Gasteiger partial charge is 0.224 e. The van der Waals surface area contributed by atoms with Crippen LogP contribution >= 0.6 is 12.4 Å². The molecule has 7 nitrogen and oxygen atoms in total. The van der Waals surface area contributed by atoms with E-state index in [0.29, 0.717) is 12.2 Å². The van der Waals surface area contributed by atoms with Crippen LogP contribution in [0.4, 0.5) is 15.9 Å². The van der Waals surface area contributed by atoms with Gasteiger partial charge in [-0.25, -0.2) is 9.37 Å². The molecular formula is C23H28ClFN6O. The van der Waals surface area contributed by atoms with Gasteiger partial charge >= 0.3 is 0 Å². The fourth-order valence-corrected chi connectivity index (χ4v) is 4.18. The van der Waals surface area contributed by atoms with Crippen LogP contribution in [0.3, 0.4) is 0 Å². The first-order valence-electron chi connectivity index (χ1n) is 10.5. The summed E-state index contributed by atoms with van der Waals surface area (Å²) >= 11 is 0. The summed E-state index contributed by atoms with van der Waals surface area (Å²) in [5.74, 6) is 0.142. The van der Waals surface area contributed by atoms with Crippen molar-refractivity contribution in [3.8, 4) is 11.1 Å². The molecule has 3 aromatic rings. The lowest BCUT2D eigenvalue weighted by Crippen LogP contribution is -2.43. The second-order valence-electron chi connectivity index (χ2n) is 7.90. The van der Waals surface area contributed by atoms with E-state index in [4.69, 9.17) is 0 Å². The van der Waals surface area contributed by atoms with Gasteiger partial charge in [-0.3, -0.25) is 9.48 Å². The van der Waals surface area contributed by atoms with Gasteiger partial charge in [0.1, 0.15) is 11.6 Å². The van der Waals surface area contributed by atoms with Crippen molar-refractivity contribution in [2.75, 3.05) is 23.8 Å². The van der Waals surface area contributed by atoms with E-state index in [0.717, 1.165) is 35.5 Å². The van der Waals surface area contributed by atoms with Gasteiger partial charge < -0.3 is 15.5 Å². The number of rotatable bonds is 6. The van der Waals surface area contributed by atoms with Crippen LogP contribution in [-0.2, 0) is 11.3 Å². The summed E-state index contributed by atoms with van der Waals surface area (Å²) in [5, 5.41) is 10.9. The lowest BCUT2D eigenvalue weighted by Gasteiger charge is -2.39. The highest BCUT2D eigenvalue weighted by Crippen LogP contribution is 2.41. The molecule has 4 rings (SSSR count). The summed E-state index contributed by atoms with van der Waals surface area (Å²) in [5.41, 5.74) is 3.88. The molecule has 170 valence electrons. The number of carbonyl (C=O) groups excluding carboxylic acids is 1. The van der Waals surface area contributed by atoms with Gasteiger partial charge in [0.05, 0.1) is 18.8 Å². The van der Waals surface area contributed by atoms with Crippen LogP contribution in [0.15, 0.2) is 48.9 Å². The summed E-state index contributed by atoms with van der Waals surface area (Å²) in [7, 11) is 1.91. The minimum absolute atomic E-state index is 0. The fraction of sp³-hybridized carbons (Fsp3) is 0.348. The third-order valence-corrected chi connectivity index (χ3v) is 5.62. The molecule has 0 saturated heterocycles. The fourth-order valence-electron chi connectivity index (χ4n) is 4.18. The van der Waals surface area contributed by atoms with Crippen LogP contribution in [0.1, 0.15) is 31.9 Å². The standard InChI is InChI=1S/C23H27FN6O.ClH/c1-15-10-21(28-23-12-19(24)6-7-26-23)20-11-17(4-5-22(20)30(15)16(2)31)18-13-27-29(14-18)9-8-25-3;/h4-7,11-15,21,25H,8-10H2,1-3H3,(H,26,28);1H/t15-,21+;/m0./s1. The second-order valence-corrected chi connectivity index (χ2v) is 7.90. The molecule has 1 aliphatic rings. The first-order valence-corrected chi connectivity index (χ1v) is 10.5. The number of fused-ring (bicyclic) bond motifs is 1. The highest BCUT2D eigenvalue weighted by atomic mass is 35.5. The third kappa shape index (κ3) is 4.92. The summed E-state index contributed by atoms with van der Waals surface area (Å²) < 4.78 is 15.6. The van der Waals surface area contributed by atoms with Crippen molar-refractivity contribution in [2.45, 2.75) is 38.9 Å². The van der Waals surface area contributed by atoms with Gasteiger partial charge in [-0.15, -0.1) is 12.4 Å². The number of amides is 1. The summed E-state index contributed by atoms with van der Waals surface area (Å²) in [6.07, 6.45) is 6.00. The SMILES string of the molecule is CNCCn1cc(-c2ccc3c(c2)[C@H](Nc2cc(F)ccn2)C[C@H](C)N3C(C)=O)cn1.Cl. The number of likely N-dealkylation sites (N-methyl/N-ethyl adjacent to an activating group) is 1. The first-order chi connectivity index (χ1) is 15.0. The number of aromatic nitrogens is 3. The Morgan fingerprint density at radius 3 is 2.78 bits per heavy atom. The zero-order valence-corrected chi connectivity index (χ0v) is 19.2. The molecule has 2 aromatic heterocycles. The van der Waals surface area contributed by atoms with Gasteiger partial charge in [-0.1, -0.05) is 6.07 Å². The van der Waals surface area contributed by atoms with E-state index in [1.165, 1.54) is 18.3 Å². The van der Waals surface area contributed by atoms with Crippen molar-refractivity contribution in [1.29, 1.82) is 0 Å². The van der Waals surface area contributed by atoms with Crippen molar-refractivity contribution in [3.05, 3.63) is 60.3 Å². The number of benzene rings is 1. The maximum atomic E-state index is 13.7. The molecule has 32 heavy (non-hydrogen) atoms. The van der Waals surface area contributed by atoms with Gasteiger partial charge in [0.15, 0.2) is 0 Å². The van der Waals surface area contributed by atoms with Crippen LogP contribution in [0, 0.1) is 5.82 Å². The van der Waals surface area contributed by atoms with Gasteiger partial charge in [-0.2, -0.15) is 5.10 Å². The van der Waals surface area contributed by atoms with Crippen LogP contribution < -0.4 is 15.5 Å². The Bertz CT molecular complexity index is 1090. The van der Waals surface area contributed by atoms with Crippen molar-refractivity contribution >= 4 is 29.8 Å². The molecule has 0 saturated carbocycles. The van der Waals surface area contributed by atoms with Crippen LogP contribution in [0.5, 0.6) is 0 Å². The van der Waals surface area contributed by atoms with Crippen molar-refractivity contribution in [1.82, 2.24) is 20.1 Å². The average molecular weight is 459 g/mol. The molecule has 1 aromatic carbocycles. The molecule has 0 bridgehead atoms. The zero-order chi connectivity index (χ0) is 22.0. The molecule has 3 heterocycles. The van der Waals surface area contributed by atoms with Crippen LogP contribution in [-0.4, -0.2) is 40.3 Å². The predicted octanol–water partition coefficient (Wildman–Crippen LogP) is 4.02. The molecule has 0 radical (unpaired) electrons. The maximum absolute atomic E-state index is 13.7. The van der Waals surface area contributed by atoms with Gasteiger partial charge in [0.2, 0.25) is 5.91 Å². The Labute approximate surface area is 193 Å². The number of pyridine rings is 1. The topological polar surface area (TPSA) is 75.1 Å². The average Bonchev–Trinajstić information content (AvgIpc) is 3.21. The van der Waals surface area contributed by atoms with E-state index < -0.39 is 0 Å². The molecule has 2 N–H and O–H groups in total. The molecule has 1 aliphatic heterocycles. The largest absolute Gasteiger partial charge is 0.363 e. The van der Waals surface area contributed by atoms with Gasteiger partial charge in [-0.05, 0) is 49.7 Å². The Balaban J connectivity index is 0.00000289. The highest BCUT2D eigenvalue weighted by molar-refractivity contribution is 5.94. The van der Waals surface area contributed by atoms with E-state index in [1.807, 2.05) is 48.1 Å². The molecule has 2 atom stereocenters. The lowest BCUT2D eigenvalue weighted by atomic mass is 9.89. The normalized spacial score (nSPS) is 17.4. The van der Waals surface area contributed by atoms with Crippen molar-refractivity contribution < 1.29 is 9.18 Å². The molecule has 0 unspecified atom stereocenters. The summed E-state index contributed by atoms with van der Waals surface area (Å²) in [6, 6.07) is 8.71. The Morgan fingerprint density at radius 1 is 1.25 bits per heavy atom. The van der Waals surface area contributed by atoms with Crippen molar-refractivity contribution in [2.24, 2.45) is 0 Å². The number of nitrogens with one attached hydrogen (secondary N) is 2. The van der Waals surface area contributed by atoms with Gasteiger partial charge in [0.25, 0.3) is 0 Å². The maximum Gasteiger partial charge on any atom is 0.224 e. The number of anilines is 2. The predicted molar refractivity (Wildman–Crippen MR) is 127 cm³/mol. The zero-order valence-electron chi connectivity index (χ0n) is 18.4. The van der Waals surface area contributed by atoms with E-state index in [2.05, 4.69) is 26.8 Å². The molecule has 9 heteroatoms. The van der Waals surface area contributed by atoms with Crippen LogP contribution in [0.25, 0.3) is 11.1 Å². The Hall–Kier alpha value is -2.97. The Morgan fingerprint density at radius 2 is 2.06 bits per heavy atom. The number of nitrogens with zero attached hydrogens (tertiary/aromatic N) is 4. The minimum atomic E-state index is -0.338. The van der Waals surface area contributed by atoms with E-state index in [1.54, 1.807) is 6.92 Å². The molecule has 0 aliphatic carbocycles. The van der Waals surface area contributed by atoms with Crippen LogP contribution in [0.2, 0.25) is 0 Å². The Kier molecular flexibility index (Phi) is 7.48. The number of halogens is 2. The highest BCUT2D eigenvalue weighted by Gasteiger charge is 2.33. The van der Waals surface area contributed by atoms with Gasteiger partial charge in [0, 0.05) is 49.2 Å². The van der Waals surface area contributed by atoms with E-state index >= 15 is 0 Å². The monoisotopic (exact) mass is 458 g/mol. The lowest BCUT2D eigenvalue weighted by molar-refractivity contribution is -0.117. The molecular weight excluding hydrogens is 431 g/mol. The minimum Gasteiger partial charge on any atom is -0.363 e. The summed E-state index contributed by atoms with van der Waals surface area (Å²) in [6.45, 7) is 5.23. The van der Waals surface area contributed by atoms with E-state index in [9.17, 15) is 9.18 Å². The molecule has 1 amide bonds. The third-order valence-electron chi connectivity index (χ3n) is 5.62. The van der Waals surface area contributed by atoms with Crippen molar-refractivity contribution in [3.63, 3.8) is 0 Å². The molecule has 0 fully saturated rings. The quantitative estimate of drug-likeness (QED) is 0.583. The van der Waals surface area contributed by atoms with E-state index in [-0.39, 0.29) is 36.2 Å². The number of hydrogen-bond acceptors (Lipinski definition) is 5. The number of carbonyl (C=O) groups is 1. The number of hydrogen-bond donors (Lipinski definition) is 2. The first kappa shape index (κ1) is 23.7.